The Morgan fingerprint density at radius 2 is 1.07 bits per heavy atom. The molecule has 3 heterocycles. The maximum absolute atomic E-state index is 11.9. The molecule has 3 saturated heterocycles. The van der Waals surface area contributed by atoms with E-state index in [-0.39, 0.29) is 17.8 Å². The summed E-state index contributed by atoms with van der Waals surface area (Å²) in [7, 11) is 2.92. The molecular formula is C47H58N4O6. The van der Waals surface area contributed by atoms with Gasteiger partial charge < -0.3 is 14.8 Å². The number of amides is 1. The van der Waals surface area contributed by atoms with Gasteiger partial charge in [0.15, 0.2) is 0 Å². The van der Waals surface area contributed by atoms with Crippen molar-refractivity contribution >= 4 is 17.8 Å². The molecule has 3 aromatic carbocycles. The maximum Gasteiger partial charge on any atom is 0.338 e. The van der Waals surface area contributed by atoms with Crippen LogP contribution < -0.4 is 10.8 Å². The van der Waals surface area contributed by atoms with Crippen molar-refractivity contribution in [1.82, 2.24) is 20.6 Å². The SMILES string of the molecule is COC(=O)c1cccc2c1CC1(CCN(C3CC3)C1)C2.COC(=O)c1cccc2c1CC1(CCNC1)C2.O=C(NO)c1cccc2c1CC1(CCN(C3CC3)C1)C2. The minimum Gasteiger partial charge on any atom is -0.465 e. The van der Waals surface area contributed by atoms with Gasteiger partial charge in [0.2, 0.25) is 0 Å². The van der Waals surface area contributed by atoms with Crippen LogP contribution in [0.3, 0.4) is 0 Å². The lowest BCUT2D eigenvalue weighted by atomic mass is 9.84. The number of hydrogen-bond donors (Lipinski definition) is 3. The number of nitrogens with one attached hydrogen (secondary N) is 2. The van der Waals surface area contributed by atoms with Gasteiger partial charge in [-0.15, -0.1) is 0 Å². The summed E-state index contributed by atoms with van der Waals surface area (Å²) in [6, 6.07) is 19.7. The summed E-state index contributed by atoms with van der Waals surface area (Å²) < 4.78 is 9.79. The molecule has 0 radical (unpaired) electrons. The highest BCUT2D eigenvalue weighted by atomic mass is 16.5. The predicted molar refractivity (Wildman–Crippen MR) is 217 cm³/mol. The summed E-state index contributed by atoms with van der Waals surface area (Å²) in [5.74, 6) is -0.767. The summed E-state index contributed by atoms with van der Waals surface area (Å²) in [4.78, 5) is 40.8. The van der Waals surface area contributed by atoms with E-state index in [1.807, 2.05) is 36.4 Å². The van der Waals surface area contributed by atoms with Crippen molar-refractivity contribution in [1.29, 1.82) is 0 Å². The first-order chi connectivity index (χ1) is 27.7. The van der Waals surface area contributed by atoms with Crippen molar-refractivity contribution in [3.63, 3.8) is 0 Å². The average Bonchev–Trinajstić information content (AvgIpc) is 3.93. The van der Waals surface area contributed by atoms with E-state index >= 15 is 0 Å². The Kier molecular flexibility index (Phi) is 10.3. The lowest BCUT2D eigenvalue weighted by Crippen LogP contribution is -2.29. The first-order valence-corrected chi connectivity index (χ1v) is 21.3. The molecule has 3 aromatic rings. The van der Waals surface area contributed by atoms with Crippen LogP contribution in [-0.2, 0) is 48.0 Å². The molecule has 10 heteroatoms. The number of likely N-dealkylation sites (tertiary alicyclic amines) is 2. The third-order valence-electron chi connectivity index (χ3n) is 14.7. The second-order valence-corrected chi connectivity index (χ2v) is 18.6. The van der Waals surface area contributed by atoms with E-state index in [4.69, 9.17) is 14.7 Å². The standard InChI is InChI=1S/C17H21NO2.C16H20N2O2.C14H17NO2/c1-20-16(19)14-4-2-3-12-9-17(10-15(12)14)7-8-18(11-17)13-5-6-13;19-15(17-20)13-3-1-2-11-8-16(9-14(11)13)6-7-18(10-16)12-4-5-12;1-17-13(16)11-4-2-3-10-7-14(8-12(10)11)5-6-15-9-14/h2-4,13H,5-11H2,1H3;1-3,12,20H,4-10H2,(H,17,19);2-4,15H,5-9H2,1H3. The van der Waals surface area contributed by atoms with E-state index in [2.05, 4.69) is 33.3 Å². The van der Waals surface area contributed by atoms with Crippen LogP contribution in [0.4, 0.5) is 0 Å². The lowest BCUT2D eigenvalue weighted by Gasteiger charge is -2.23. The number of methoxy groups -OCH3 is 2. The number of ether oxygens (including phenoxy) is 2. The van der Waals surface area contributed by atoms with Crippen molar-refractivity contribution < 1.29 is 29.1 Å². The predicted octanol–water partition coefficient (Wildman–Crippen LogP) is 5.74. The van der Waals surface area contributed by atoms with Crippen LogP contribution in [0.1, 0.15) is 109 Å². The van der Waals surface area contributed by atoms with Gasteiger partial charge in [0.1, 0.15) is 0 Å². The molecule has 3 aliphatic heterocycles. The first-order valence-electron chi connectivity index (χ1n) is 21.3. The summed E-state index contributed by atoms with van der Waals surface area (Å²) in [6.45, 7) is 7.01. The van der Waals surface area contributed by atoms with Crippen LogP contribution in [0.15, 0.2) is 54.6 Å². The number of hydrogen-bond acceptors (Lipinski definition) is 9. The molecule has 0 bridgehead atoms. The smallest absolute Gasteiger partial charge is 0.338 e. The quantitative estimate of drug-likeness (QED) is 0.170. The molecule has 1 amide bonds. The van der Waals surface area contributed by atoms with Crippen LogP contribution in [0.25, 0.3) is 0 Å². The second-order valence-electron chi connectivity index (χ2n) is 18.6. The molecule has 302 valence electrons. The van der Waals surface area contributed by atoms with Gasteiger partial charge in [0.25, 0.3) is 5.91 Å². The van der Waals surface area contributed by atoms with Crippen molar-refractivity contribution in [2.45, 2.75) is 95.6 Å². The van der Waals surface area contributed by atoms with Crippen LogP contribution in [0.2, 0.25) is 0 Å². The zero-order chi connectivity index (χ0) is 39.4. The zero-order valence-electron chi connectivity index (χ0n) is 33.7. The Balaban J connectivity index is 0.000000112. The lowest BCUT2D eigenvalue weighted by molar-refractivity contribution is 0.0590. The van der Waals surface area contributed by atoms with E-state index in [9.17, 15) is 14.4 Å². The van der Waals surface area contributed by atoms with Crippen LogP contribution in [-0.4, -0.2) is 98.4 Å². The molecule has 5 fully saturated rings. The fourth-order valence-electron chi connectivity index (χ4n) is 11.5. The van der Waals surface area contributed by atoms with Gasteiger partial charge in [0, 0.05) is 37.3 Å². The van der Waals surface area contributed by atoms with E-state index in [0.717, 1.165) is 80.4 Å². The Hall–Kier alpha value is -4.09. The van der Waals surface area contributed by atoms with Crippen LogP contribution in [0, 0.1) is 16.2 Å². The maximum atomic E-state index is 11.9. The van der Waals surface area contributed by atoms with E-state index in [1.165, 1.54) is 113 Å². The third kappa shape index (κ3) is 7.55. The fourth-order valence-corrected chi connectivity index (χ4v) is 11.5. The highest BCUT2D eigenvalue weighted by molar-refractivity contribution is 5.95. The van der Waals surface area contributed by atoms with Gasteiger partial charge >= 0.3 is 11.9 Å². The van der Waals surface area contributed by atoms with Gasteiger partial charge in [-0.25, -0.2) is 15.1 Å². The Morgan fingerprint density at radius 1 is 0.632 bits per heavy atom. The molecular weight excluding hydrogens is 717 g/mol. The van der Waals surface area contributed by atoms with Crippen molar-refractivity contribution in [3.05, 3.63) is 105 Å². The summed E-state index contributed by atoms with van der Waals surface area (Å²) in [5.41, 5.74) is 12.6. The number of esters is 2. The molecule has 8 aliphatic rings. The second kappa shape index (κ2) is 15.3. The Labute approximate surface area is 336 Å². The third-order valence-corrected chi connectivity index (χ3v) is 14.7. The van der Waals surface area contributed by atoms with Gasteiger partial charge in [0.05, 0.1) is 25.3 Å². The normalized spacial score (nSPS) is 28.1. The minimum absolute atomic E-state index is 0.184. The number of carbonyl (C=O) groups excluding carboxylic acids is 3. The Morgan fingerprint density at radius 3 is 1.49 bits per heavy atom. The number of hydroxylamine groups is 1. The molecule has 11 rings (SSSR count). The zero-order valence-corrected chi connectivity index (χ0v) is 33.7. The fraction of sp³-hybridized carbons (Fsp3) is 0.553. The number of nitrogens with zero attached hydrogens (tertiary/aromatic N) is 2. The van der Waals surface area contributed by atoms with Gasteiger partial charge in [-0.3, -0.25) is 19.8 Å². The number of rotatable bonds is 5. The largest absolute Gasteiger partial charge is 0.465 e. The molecule has 3 unspecified atom stereocenters. The van der Waals surface area contributed by atoms with Crippen LogP contribution in [0.5, 0.6) is 0 Å². The molecule has 10 nitrogen and oxygen atoms in total. The Bertz CT molecular complexity index is 1950. The summed E-state index contributed by atoms with van der Waals surface area (Å²) in [6.07, 6.45) is 15.6. The van der Waals surface area contributed by atoms with E-state index in [0.29, 0.717) is 21.8 Å². The summed E-state index contributed by atoms with van der Waals surface area (Å²) >= 11 is 0. The monoisotopic (exact) mass is 774 g/mol. The molecule has 3 spiro atoms. The first kappa shape index (κ1) is 38.4. The highest BCUT2D eigenvalue weighted by Crippen LogP contribution is 2.49. The van der Waals surface area contributed by atoms with Gasteiger partial charge in [-0.05, 0) is 171 Å². The van der Waals surface area contributed by atoms with Crippen molar-refractivity contribution in [3.8, 4) is 0 Å². The number of benzene rings is 3. The van der Waals surface area contributed by atoms with Gasteiger partial charge in [-0.2, -0.15) is 0 Å². The summed E-state index contributed by atoms with van der Waals surface area (Å²) in [5, 5.41) is 12.3. The number of carbonyl (C=O) groups is 3. The molecule has 2 saturated carbocycles. The van der Waals surface area contributed by atoms with Gasteiger partial charge in [-0.1, -0.05) is 36.4 Å². The molecule has 3 atom stereocenters. The van der Waals surface area contributed by atoms with Crippen molar-refractivity contribution in [2.24, 2.45) is 16.2 Å². The average molecular weight is 775 g/mol. The molecule has 3 N–H and O–H groups in total. The van der Waals surface area contributed by atoms with Crippen LogP contribution >= 0.6 is 0 Å². The molecule has 0 aromatic heterocycles. The number of fused-ring (bicyclic) bond motifs is 3. The highest BCUT2D eigenvalue weighted by Gasteiger charge is 2.48. The minimum atomic E-state index is -0.379. The topological polar surface area (TPSA) is 120 Å². The van der Waals surface area contributed by atoms with E-state index < -0.39 is 0 Å². The van der Waals surface area contributed by atoms with E-state index in [1.54, 1.807) is 5.48 Å². The van der Waals surface area contributed by atoms with Crippen molar-refractivity contribution in [2.75, 3.05) is 53.5 Å². The molecule has 57 heavy (non-hydrogen) atoms. The molecule has 5 aliphatic carbocycles.